The van der Waals surface area contributed by atoms with Gasteiger partial charge in [-0.3, -0.25) is 20.0 Å². The number of aliphatic imine (C=N–C) groups is 4. The van der Waals surface area contributed by atoms with E-state index in [1.54, 1.807) is 24.9 Å². The van der Waals surface area contributed by atoms with Crippen molar-refractivity contribution in [3.8, 4) is 23.0 Å². The Morgan fingerprint density at radius 1 is 0.223 bits per heavy atom. The van der Waals surface area contributed by atoms with Gasteiger partial charge >= 0.3 is 0 Å². The number of benzene rings is 5. The van der Waals surface area contributed by atoms with Gasteiger partial charge in [-0.05, 0) is 160 Å². The maximum atomic E-state index is 11.6. The number of rotatable bonds is 52. The van der Waals surface area contributed by atoms with Crippen LogP contribution in [0.25, 0.3) is 0 Å². The van der Waals surface area contributed by atoms with Gasteiger partial charge in [0.25, 0.3) is 0 Å². The monoisotopic (exact) mass is 1280 g/mol. The molecule has 0 atom stereocenters. The molecule has 518 valence electrons. The van der Waals surface area contributed by atoms with Crippen LogP contribution in [0, 0.1) is 27.7 Å². The van der Waals surface area contributed by atoms with E-state index < -0.39 is 0 Å². The molecule has 0 bridgehead atoms. The van der Waals surface area contributed by atoms with Crippen molar-refractivity contribution in [1.29, 1.82) is 0 Å². The van der Waals surface area contributed by atoms with E-state index in [0.717, 1.165) is 73.6 Å². The molecule has 8 heteroatoms. The number of phenols is 4. The first kappa shape index (κ1) is 78.7. The average molecular weight is 1280 g/mol. The van der Waals surface area contributed by atoms with Crippen LogP contribution in [0.1, 0.15) is 351 Å². The van der Waals surface area contributed by atoms with Gasteiger partial charge in [-0.25, -0.2) is 0 Å². The molecule has 0 saturated carbocycles. The second-order valence-electron chi connectivity index (χ2n) is 28.0. The Bertz CT molecular complexity index is 2640. The van der Waals surface area contributed by atoms with Gasteiger partial charge in [-0.2, -0.15) is 0 Å². The van der Waals surface area contributed by atoms with Gasteiger partial charge in [-0.15, -0.1) is 0 Å². The summed E-state index contributed by atoms with van der Waals surface area (Å²) in [5.41, 5.74) is 12.4. The van der Waals surface area contributed by atoms with Crippen molar-refractivity contribution < 1.29 is 20.4 Å². The molecule has 4 N–H and O–H groups in total. The van der Waals surface area contributed by atoms with Gasteiger partial charge < -0.3 is 20.4 Å². The molecule has 0 saturated heterocycles. The van der Waals surface area contributed by atoms with Crippen LogP contribution < -0.4 is 0 Å². The van der Waals surface area contributed by atoms with Gasteiger partial charge in [0.05, 0.1) is 22.7 Å². The van der Waals surface area contributed by atoms with Crippen molar-refractivity contribution in [3.05, 3.63) is 127 Å². The maximum absolute atomic E-state index is 11.6. The number of unbranched alkanes of at least 4 members (excludes halogenated alkanes) is 36. The molecule has 0 aliphatic carbocycles. The number of hydrogen-bond donors (Lipinski definition) is 4. The summed E-state index contributed by atoms with van der Waals surface area (Å²) < 4.78 is 0. The molecule has 5 aromatic rings. The predicted molar refractivity (Wildman–Crippen MR) is 409 cm³/mol. The van der Waals surface area contributed by atoms with E-state index in [1.165, 1.54) is 253 Å². The lowest BCUT2D eigenvalue weighted by Gasteiger charge is -2.11. The quantitative estimate of drug-likeness (QED) is 0.0228. The fourth-order valence-corrected chi connectivity index (χ4v) is 13.3. The van der Waals surface area contributed by atoms with Crippen LogP contribution >= 0.6 is 0 Å². The van der Waals surface area contributed by atoms with Gasteiger partial charge in [0.15, 0.2) is 0 Å². The van der Waals surface area contributed by atoms with E-state index in [4.69, 9.17) is 20.0 Å². The number of aromatic hydroxyl groups is 4. The van der Waals surface area contributed by atoms with Crippen LogP contribution in [-0.2, 0) is 25.7 Å². The number of phenolic OH excluding ortho intramolecular Hbond substituents is 4. The summed E-state index contributed by atoms with van der Waals surface area (Å²) in [7, 11) is 0. The number of hydrogen-bond acceptors (Lipinski definition) is 8. The second-order valence-corrected chi connectivity index (χ2v) is 28.0. The third kappa shape index (κ3) is 30.8. The third-order valence-corrected chi connectivity index (χ3v) is 19.3. The summed E-state index contributed by atoms with van der Waals surface area (Å²) in [4.78, 5) is 20.6. The first-order chi connectivity index (χ1) is 45.8. The van der Waals surface area contributed by atoms with Gasteiger partial charge in [0, 0.05) is 47.1 Å². The van der Waals surface area contributed by atoms with Crippen LogP contribution in [-0.4, -0.2) is 45.3 Å². The van der Waals surface area contributed by atoms with E-state index >= 15 is 0 Å². The van der Waals surface area contributed by atoms with Crippen molar-refractivity contribution in [2.75, 3.05) is 0 Å². The highest BCUT2D eigenvalue weighted by Crippen LogP contribution is 2.42. The fraction of sp³-hybridized carbons (Fsp3) is 0.605. The first-order valence-electron chi connectivity index (χ1n) is 38.5. The molecule has 0 unspecified atom stereocenters. The highest BCUT2D eigenvalue weighted by molar-refractivity contribution is 5.95. The highest BCUT2D eigenvalue weighted by atomic mass is 16.3. The zero-order valence-corrected chi connectivity index (χ0v) is 60.8. The zero-order valence-electron chi connectivity index (χ0n) is 60.8. The Balaban J connectivity index is 1.53. The van der Waals surface area contributed by atoms with Gasteiger partial charge in [0.2, 0.25) is 0 Å². The van der Waals surface area contributed by atoms with Gasteiger partial charge in [0.1, 0.15) is 23.0 Å². The van der Waals surface area contributed by atoms with Crippen LogP contribution in [0.5, 0.6) is 23.0 Å². The van der Waals surface area contributed by atoms with E-state index in [1.807, 2.05) is 39.8 Å². The minimum atomic E-state index is 0.189. The molecule has 0 amide bonds. The molecule has 0 aliphatic heterocycles. The van der Waals surface area contributed by atoms with Crippen molar-refractivity contribution in [2.45, 2.75) is 338 Å². The molecule has 0 spiro atoms. The van der Waals surface area contributed by atoms with Crippen LogP contribution in [0.4, 0.5) is 22.7 Å². The zero-order chi connectivity index (χ0) is 67.4. The molecule has 0 aliphatic rings. The van der Waals surface area contributed by atoms with Crippen molar-refractivity contribution in [2.24, 2.45) is 20.0 Å². The van der Waals surface area contributed by atoms with E-state index in [9.17, 15) is 20.4 Å². The molecule has 5 aromatic carbocycles. The molecule has 0 heterocycles. The summed E-state index contributed by atoms with van der Waals surface area (Å²) in [5.74, 6) is 0.755. The lowest BCUT2D eigenvalue weighted by atomic mass is 9.99. The Morgan fingerprint density at radius 2 is 0.383 bits per heavy atom. The van der Waals surface area contributed by atoms with Crippen LogP contribution in [0.2, 0.25) is 0 Å². The van der Waals surface area contributed by atoms with Crippen LogP contribution in [0.15, 0.2) is 80.6 Å². The maximum Gasteiger partial charge on any atom is 0.127 e. The number of aryl methyl sites for hydroxylation is 8. The first-order valence-corrected chi connectivity index (χ1v) is 38.5. The molecule has 0 fully saturated rings. The van der Waals surface area contributed by atoms with E-state index in [2.05, 4.69) is 76.2 Å². The Labute approximate surface area is 573 Å². The van der Waals surface area contributed by atoms with Crippen molar-refractivity contribution in [3.63, 3.8) is 0 Å². The van der Waals surface area contributed by atoms with E-state index in [0.29, 0.717) is 45.0 Å². The third-order valence-electron chi connectivity index (χ3n) is 19.3. The molecule has 94 heavy (non-hydrogen) atoms. The summed E-state index contributed by atoms with van der Waals surface area (Å²) >= 11 is 0. The summed E-state index contributed by atoms with van der Waals surface area (Å²) in [5, 5.41) is 46.6. The summed E-state index contributed by atoms with van der Waals surface area (Å²) in [6.45, 7) is 16.9. The van der Waals surface area contributed by atoms with E-state index in [-0.39, 0.29) is 23.0 Å². The minimum Gasteiger partial charge on any atom is -0.507 e. The molecule has 8 nitrogen and oxygen atoms in total. The van der Waals surface area contributed by atoms with Crippen LogP contribution in [0.3, 0.4) is 0 Å². The molecule has 0 aromatic heterocycles. The number of nitrogens with zero attached hydrogens (tertiary/aromatic N) is 4. The SMILES string of the molecule is CCCCCCCCCCCCc1cc(C)c(O)c(C=Nc2cc(N=Cc3cc(CCCCCCCCCCCC)cc(C)c3O)c(N=Cc3cc(CCCCCCCCCCCC)cc(C)c3O)cc2N=Cc2cc(CCCCCCCCCCCC)cc(C)c2O)c1. The normalized spacial score (nSPS) is 12.0. The topological polar surface area (TPSA) is 130 Å². The Morgan fingerprint density at radius 3 is 0.553 bits per heavy atom. The highest BCUT2D eigenvalue weighted by Gasteiger charge is 2.15. The van der Waals surface area contributed by atoms with Crippen molar-refractivity contribution >= 4 is 47.6 Å². The standard InChI is InChI=1S/C86H130N4O4/c1-9-13-17-21-25-29-33-37-41-45-49-71-53-67(5)83(91)75(57-71)63-87-79-61-81(89-65-77-59-73(55-69(7)85(77)93)51-47-43-39-35-31-27-23-19-15-11-3)82(90-66-78-60-74(56-70(8)86(78)94)52-48-44-40-36-32-28-24-20-16-12-4)62-80(79)88-64-76-58-72(54-68(6)84(76)92)50-46-42-38-34-30-26-22-18-14-10-2/h53-66,91-94H,9-52H2,1-8H3. The smallest absolute Gasteiger partial charge is 0.127 e. The fourth-order valence-electron chi connectivity index (χ4n) is 13.3. The average Bonchev–Trinajstić information content (AvgIpc) is 0.846. The lowest BCUT2D eigenvalue weighted by molar-refractivity contribution is 0.469. The molecule has 0 radical (unpaired) electrons. The second kappa shape index (κ2) is 47.8. The summed E-state index contributed by atoms with van der Waals surface area (Å²) in [6.07, 6.45) is 61.7. The minimum absolute atomic E-state index is 0.189. The lowest BCUT2D eigenvalue weighted by Crippen LogP contribution is -1.94. The molecular formula is C86H130N4O4. The molecular weight excluding hydrogens is 1150 g/mol. The van der Waals surface area contributed by atoms with Gasteiger partial charge in [-0.1, -0.05) is 283 Å². The Hall–Kier alpha value is -6.02. The Kier molecular flexibility index (Phi) is 40.0. The van der Waals surface area contributed by atoms with Crippen molar-refractivity contribution in [1.82, 2.24) is 0 Å². The summed E-state index contributed by atoms with van der Waals surface area (Å²) in [6, 6.07) is 20.4. The molecule has 5 rings (SSSR count). The largest absolute Gasteiger partial charge is 0.507 e. The predicted octanol–water partition coefficient (Wildman–Crippen LogP) is 26.6.